The van der Waals surface area contributed by atoms with Crippen molar-refractivity contribution in [2.24, 2.45) is 5.92 Å². The summed E-state index contributed by atoms with van der Waals surface area (Å²) in [4.78, 5) is 7.37. The van der Waals surface area contributed by atoms with Crippen LogP contribution in [0.1, 0.15) is 12.8 Å². The number of nitrogens with one attached hydrogen (secondary N) is 1. The number of rotatable bonds is 3. The van der Waals surface area contributed by atoms with E-state index >= 15 is 0 Å². The highest BCUT2D eigenvalue weighted by Crippen LogP contribution is 2.22. The molecule has 1 aromatic heterocycles. The second-order valence-corrected chi connectivity index (χ2v) is 4.84. The molecule has 0 aliphatic carbocycles. The first kappa shape index (κ1) is 10.7. The smallest absolute Gasteiger partial charge is 0.217 e. The lowest BCUT2D eigenvalue weighted by Crippen LogP contribution is -2.20. The third-order valence-corrected chi connectivity index (χ3v) is 3.74. The molecule has 1 fully saturated rings. The number of hydrogen-bond acceptors (Lipinski definition) is 4. The molecule has 15 heavy (non-hydrogen) atoms. The van der Waals surface area contributed by atoms with Gasteiger partial charge in [-0.3, -0.25) is 0 Å². The minimum Gasteiger partial charge on any atom is -0.370 e. The van der Waals surface area contributed by atoms with E-state index in [2.05, 4.69) is 15.3 Å². The molecule has 1 aromatic rings. The average molecular weight is 227 g/mol. The van der Waals surface area contributed by atoms with Crippen LogP contribution in [0.2, 0.25) is 0 Å². The summed E-state index contributed by atoms with van der Waals surface area (Å²) in [6.07, 6.45) is 3.79. The van der Waals surface area contributed by atoms with Gasteiger partial charge in [-0.1, -0.05) is 0 Å². The largest absolute Gasteiger partial charge is 0.370 e. The SMILES string of the molecule is Fc1cc(NCC2CCCSC2)ncn1. The molecule has 1 aliphatic rings. The highest BCUT2D eigenvalue weighted by Gasteiger charge is 2.13. The van der Waals surface area contributed by atoms with Gasteiger partial charge in [0.15, 0.2) is 0 Å². The van der Waals surface area contributed by atoms with E-state index in [9.17, 15) is 4.39 Å². The van der Waals surface area contributed by atoms with Gasteiger partial charge in [0.05, 0.1) is 0 Å². The van der Waals surface area contributed by atoms with Gasteiger partial charge in [-0.15, -0.1) is 0 Å². The summed E-state index contributed by atoms with van der Waals surface area (Å²) in [5.74, 6) is 3.25. The van der Waals surface area contributed by atoms with Crippen LogP contribution in [0.3, 0.4) is 0 Å². The van der Waals surface area contributed by atoms with Crippen molar-refractivity contribution in [1.29, 1.82) is 0 Å². The number of halogens is 1. The number of anilines is 1. The molecule has 1 N–H and O–H groups in total. The molecule has 5 heteroatoms. The predicted octanol–water partition coefficient (Wildman–Crippen LogP) is 2.17. The molecule has 1 atom stereocenters. The molecule has 0 amide bonds. The van der Waals surface area contributed by atoms with E-state index in [1.807, 2.05) is 11.8 Å². The summed E-state index contributed by atoms with van der Waals surface area (Å²) in [5.41, 5.74) is 0. The van der Waals surface area contributed by atoms with E-state index in [0.29, 0.717) is 11.7 Å². The Morgan fingerprint density at radius 3 is 3.20 bits per heavy atom. The highest BCUT2D eigenvalue weighted by atomic mass is 32.2. The van der Waals surface area contributed by atoms with Gasteiger partial charge < -0.3 is 5.32 Å². The van der Waals surface area contributed by atoms with Crippen molar-refractivity contribution in [1.82, 2.24) is 9.97 Å². The molecule has 0 radical (unpaired) electrons. The van der Waals surface area contributed by atoms with Crippen molar-refractivity contribution < 1.29 is 4.39 Å². The van der Waals surface area contributed by atoms with E-state index < -0.39 is 5.95 Å². The average Bonchev–Trinajstić information content (AvgIpc) is 2.28. The summed E-state index contributed by atoms with van der Waals surface area (Å²) in [6.45, 7) is 0.878. The zero-order valence-electron chi connectivity index (χ0n) is 8.45. The number of nitrogens with zero attached hydrogens (tertiary/aromatic N) is 2. The van der Waals surface area contributed by atoms with Crippen LogP contribution in [-0.2, 0) is 0 Å². The first-order valence-corrected chi connectivity index (χ1v) is 6.29. The van der Waals surface area contributed by atoms with E-state index in [0.717, 1.165) is 6.54 Å². The second kappa shape index (κ2) is 5.30. The molecular formula is C10H14FN3S. The molecule has 3 nitrogen and oxygen atoms in total. The van der Waals surface area contributed by atoms with Crippen molar-refractivity contribution in [3.63, 3.8) is 0 Å². The zero-order chi connectivity index (χ0) is 10.5. The Hall–Kier alpha value is -0.840. The molecule has 82 valence electrons. The standard InChI is InChI=1S/C10H14FN3S/c11-9-4-10(14-7-13-9)12-5-8-2-1-3-15-6-8/h4,7-8H,1-3,5-6H2,(H,12,13,14). The minimum atomic E-state index is -0.481. The third kappa shape index (κ3) is 3.34. The van der Waals surface area contributed by atoms with Crippen molar-refractivity contribution >= 4 is 17.6 Å². The van der Waals surface area contributed by atoms with E-state index in [-0.39, 0.29) is 0 Å². The molecule has 1 unspecified atom stereocenters. The lowest BCUT2D eigenvalue weighted by atomic mass is 10.1. The minimum absolute atomic E-state index is 0.481. The third-order valence-electron chi connectivity index (χ3n) is 2.46. The molecule has 2 heterocycles. The van der Waals surface area contributed by atoms with Crippen molar-refractivity contribution in [2.75, 3.05) is 23.4 Å². The van der Waals surface area contributed by atoms with E-state index in [4.69, 9.17) is 0 Å². The first-order chi connectivity index (χ1) is 7.34. The molecular weight excluding hydrogens is 213 g/mol. The van der Waals surface area contributed by atoms with Crippen LogP contribution in [0.25, 0.3) is 0 Å². The topological polar surface area (TPSA) is 37.8 Å². The van der Waals surface area contributed by atoms with Gasteiger partial charge in [-0.05, 0) is 30.3 Å². The van der Waals surface area contributed by atoms with Gasteiger partial charge >= 0.3 is 0 Å². The Morgan fingerprint density at radius 2 is 2.47 bits per heavy atom. The lowest BCUT2D eigenvalue weighted by Gasteiger charge is -2.21. The molecule has 1 saturated heterocycles. The summed E-state index contributed by atoms with van der Waals surface area (Å²) >= 11 is 1.99. The van der Waals surface area contributed by atoms with Crippen LogP contribution >= 0.6 is 11.8 Å². The molecule has 0 aromatic carbocycles. The first-order valence-electron chi connectivity index (χ1n) is 5.14. The van der Waals surface area contributed by atoms with Crippen molar-refractivity contribution in [3.05, 3.63) is 18.3 Å². The summed E-state index contributed by atoms with van der Waals surface area (Å²) < 4.78 is 12.7. The summed E-state index contributed by atoms with van der Waals surface area (Å²) in [6, 6.07) is 1.33. The summed E-state index contributed by atoms with van der Waals surface area (Å²) in [5, 5.41) is 3.15. The normalized spacial score (nSPS) is 21.3. The fourth-order valence-electron chi connectivity index (χ4n) is 1.65. The van der Waals surface area contributed by atoms with Gasteiger partial charge in [-0.25, -0.2) is 9.97 Å². The Kier molecular flexibility index (Phi) is 3.77. The van der Waals surface area contributed by atoms with Crippen LogP contribution in [0.5, 0.6) is 0 Å². The number of hydrogen-bond donors (Lipinski definition) is 1. The molecule has 0 bridgehead atoms. The van der Waals surface area contributed by atoms with Gasteiger partial charge in [0.2, 0.25) is 5.95 Å². The van der Waals surface area contributed by atoms with Crippen LogP contribution in [0.4, 0.5) is 10.2 Å². The Labute approximate surface area is 92.9 Å². The Bertz CT molecular complexity index is 315. The van der Waals surface area contributed by atoms with E-state index in [1.54, 1.807) is 0 Å². The number of aromatic nitrogens is 2. The molecule has 1 aliphatic heterocycles. The van der Waals surface area contributed by atoms with Gasteiger partial charge in [0, 0.05) is 12.6 Å². The van der Waals surface area contributed by atoms with Crippen LogP contribution in [-0.4, -0.2) is 28.0 Å². The van der Waals surface area contributed by atoms with Gasteiger partial charge in [-0.2, -0.15) is 16.2 Å². The number of thioether (sulfide) groups is 1. The fourth-order valence-corrected chi connectivity index (χ4v) is 2.80. The Balaban J connectivity index is 1.81. The quantitative estimate of drug-likeness (QED) is 0.803. The Morgan fingerprint density at radius 1 is 1.53 bits per heavy atom. The van der Waals surface area contributed by atoms with Crippen LogP contribution in [0, 0.1) is 11.9 Å². The molecule has 2 rings (SSSR count). The maximum atomic E-state index is 12.7. The fraction of sp³-hybridized carbons (Fsp3) is 0.600. The lowest BCUT2D eigenvalue weighted by molar-refractivity contribution is 0.546. The highest BCUT2D eigenvalue weighted by molar-refractivity contribution is 7.99. The van der Waals surface area contributed by atoms with E-state index in [1.165, 1.54) is 36.7 Å². The monoisotopic (exact) mass is 227 g/mol. The maximum Gasteiger partial charge on any atom is 0.217 e. The predicted molar refractivity (Wildman–Crippen MR) is 60.5 cm³/mol. The van der Waals surface area contributed by atoms with Gasteiger partial charge in [0.25, 0.3) is 0 Å². The zero-order valence-corrected chi connectivity index (χ0v) is 9.26. The molecule has 0 spiro atoms. The van der Waals surface area contributed by atoms with Crippen LogP contribution in [0.15, 0.2) is 12.4 Å². The van der Waals surface area contributed by atoms with Crippen molar-refractivity contribution in [3.8, 4) is 0 Å². The maximum absolute atomic E-state index is 12.7. The van der Waals surface area contributed by atoms with Gasteiger partial charge in [0.1, 0.15) is 12.1 Å². The molecule has 0 saturated carbocycles. The van der Waals surface area contributed by atoms with Crippen molar-refractivity contribution in [2.45, 2.75) is 12.8 Å². The summed E-state index contributed by atoms with van der Waals surface area (Å²) in [7, 11) is 0. The van der Waals surface area contributed by atoms with Crippen LogP contribution < -0.4 is 5.32 Å². The second-order valence-electron chi connectivity index (χ2n) is 3.69.